The molecule has 0 saturated heterocycles. The summed E-state index contributed by atoms with van der Waals surface area (Å²) in [6, 6.07) is 0. The molecule has 0 aromatic heterocycles. The molecular weight excluding hydrogens is 130 g/mol. The van der Waals surface area contributed by atoms with Crippen LogP contribution in [0.4, 0.5) is 0 Å². The quantitative estimate of drug-likeness (QED) is 0.299. The lowest BCUT2D eigenvalue weighted by Crippen LogP contribution is -2.00. The maximum absolute atomic E-state index is 5.13. The van der Waals surface area contributed by atoms with Crippen LogP contribution in [-0.2, 0) is 0 Å². The van der Waals surface area contributed by atoms with Crippen LogP contribution in [0.2, 0.25) is 0 Å². The molecule has 8 heavy (non-hydrogen) atoms. The van der Waals surface area contributed by atoms with E-state index in [1.54, 1.807) is 0 Å². The summed E-state index contributed by atoms with van der Waals surface area (Å²) >= 11 is -0.435. The van der Waals surface area contributed by atoms with E-state index in [1.807, 2.05) is 0 Å². The number of hydrogen-bond donors (Lipinski definition) is 2. The molecule has 36 valence electrons. The maximum atomic E-state index is 5.13. The predicted octanol–water partition coefficient (Wildman–Crippen LogP) is -1.94. The average Bonchev–Trinajstić information content (AvgIpc) is 1.81. The Morgan fingerprint density at radius 1 is 0.875 bits per heavy atom. The molecule has 0 aromatic carbocycles. The van der Waals surface area contributed by atoms with Crippen molar-refractivity contribution < 1.29 is 0 Å². The van der Waals surface area contributed by atoms with Gasteiger partial charge in [-0.3, -0.25) is 0 Å². The zero-order valence-corrected chi connectivity index (χ0v) is 6.62. The third-order valence-corrected chi connectivity index (χ3v) is 0.996. The first-order valence-corrected chi connectivity index (χ1v) is 4.48. The first-order valence-electron chi connectivity index (χ1n) is 1.99. The first-order chi connectivity index (χ1) is 3.91. The van der Waals surface area contributed by atoms with E-state index >= 15 is 0 Å². The Labute approximate surface area is 61.9 Å². The predicted molar refractivity (Wildman–Crippen MR) is 35.4 cm³/mol. The Hall–Kier alpha value is 0.105. The van der Waals surface area contributed by atoms with Crippen molar-refractivity contribution in [1.82, 2.24) is 0 Å². The van der Waals surface area contributed by atoms with Crippen LogP contribution < -0.4 is 9.43 Å². The lowest BCUT2D eigenvalue weighted by atomic mass is 10.7. The average molecular weight is 134 g/mol. The van der Waals surface area contributed by atoms with E-state index in [0.29, 0.717) is 0 Å². The highest BCUT2D eigenvalue weighted by Gasteiger charge is 1.67. The van der Waals surface area contributed by atoms with Gasteiger partial charge >= 0.3 is 30.9 Å². The van der Waals surface area contributed by atoms with Gasteiger partial charge in [0.05, 0.1) is 0 Å². The van der Waals surface area contributed by atoms with Crippen LogP contribution in [0.15, 0.2) is 0 Å². The summed E-state index contributed by atoms with van der Waals surface area (Å²) in [5.74, 6) is 5.16. The molecule has 0 spiro atoms. The highest BCUT2D eigenvalue weighted by molar-refractivity contribution is 6.43. The van der Waals surface area contributed by atoms with Crippen LogP contribution in [0.3, 0.4) is 0 Å². The van der Waals surface area contributed by atoms with Gasteiger partial charge in [0.15, 0.2) is 0 Å². The van der Waals surface area contributed by atoms with E-state index in [9.17, 15) is 0 Å². The van der Waals surface area contributed by atoms with Crippen LogP contribution >= 0.6 is 0 Å². The normalized spacial score (nSPS) is 4.75. The Bertz CT molecular complexity index is 136. The van der Waals surface area contributed by atoms with Crippen LogP contribution in [0.5, 0.6) is 0 Å². The lowest BCUT2D eigenvalue weighted by molar-refractivity contribution is 1.95. The summed E-state index contributed by atoms with van der Waals surface area (Å²) in [6.07, 6.45) is 0. The Morgan fingerprint density at radius 3 is 1.50 bits per heavy atom. The van der Waals surface area contributed by atoms with Gasteiger partial charge in [0.2, 0.25) is 0 Å². The Balaban J connectivity index is 3.40. The third kappa shape index (κ3) is 6.10. The van der Waals surface area contributed by atoms with Crippen molar-refractivity contribution >= 4 is 30.9 Å². The molecule has 0 atom stereocenters. The van der Waals surface area contributed by atoms with Gasteiger partial charge in [-0.25, -0.2) is 0 Å². The lowest BCUT2D eigenvalue weighted by Gasteiger charge is -1.60. The molecule has 2 radical (unpaired) electrons. The third-order valence-electron chi connectivity index (χ3n) is 0.374. The van der Waals surface area contributed by atoms with Gasteiger partial charge < -0.3 is 9.43 Å². The number of hydrogen-bond acceptors (Lipinski definition) is 2. The van der Waals surface area contributed by atoms with Crippen molar-refractivity contribution in [2.45, 2.75) is 0 Å². The summed E-state index contributed by atoms with van der Waals surface area (Å²) in [6.45, 7) is 0. The van der Waals surface area contributed by atoms with E-state index in [2.05, 4.69) is 21.4 Å². The number of rotatable bonds is 0. The van der Waals surface area contributed by atoms with Gasteiger partial charge in [0.25, 0.3) is 0 Å². The van der Waals surface area contributed by atoms with Gasteiger partial charge in [0, 0.05) is 0 Å². The fourth-order valence-corrected chi connectivity index (χ4v) is 0.467. The second-order valence-corrected chi connectivity index (χ2v) is 2.12. The van der Waals surface area contributed by atoms with Gasteiger partial charge in [-0.15, -0.1) is 0 Å². The first kappa shape index (κ1) is 8.10. The summed E-state index contributed by atoms with van der Waals surface area (Å²) in [5.41, 5.74) is 0. The van der Waals surface area contributed by atoms with Gasteiger partial charge in [-0.05, 0) is 11.8 Å². The summed E-state index contributed by atoms with van der Waals surface area (Å²) < 4.78 is 10.3. The molecule has 0 heterocycles. The standard InChI is InChI=1S/C4.2Al.2H2N/c1-3-4-2;;;;/h;;;2*1H2/q;2*+1;2*-1. The minimum absolute atomic E-state index is 0.218. The SMILES string of the molecule is [NH2][Al][C]#CC#[C][Al][NH2]. The minimum atomic E-state index is -0.218. The molecule has 0 bridgehead atoms. The topological polar surface area (TPSA) is 52.0 Å². The maximum Gasteiger partial charge on any atom is 0.444 e. The van der Waals surface area contributed by atoms with Crippen molar-refractivity contribution in [1.29, 1.82) is 0 Å². The molecular formula is C4H4Al2N2. The summed E-state index contributed by atoms with van der Waals surface area (Å²) in [7, 11) is 0. The molecule has 0 aliphatic carbocycles. The highest BCUT2D eigenvalue weighted by atomic mass is 27.1. The molecule has 0 saturated carbocycles. The van der Waals surface area contributed by atoms with Crippen molar-refractivity contribution in [3.63, 3.8) is 0 Å². The van der Waals surface area contributed by atoms with Gasteiger partial charge in [-0.2, -0.15) is 9.56 Å². The van der Waals surface area contributed by atoms with Crippen molar-refractivity contribution in [3.8, 4) is 21.4 Å². The van der Waals surface area contributed by atoms with Crippen molar-refractivity contribution in [2.24, 2.45) is 9.43 Å². The minimum Gasteiger partial charge on any atom is -0.409 e. The van der Waals surface area contributed by atoms with E-state index in [1.165, 1.54) is 0 Å². The smallest absolute Gasteiger partial charge is 0.409 e. The van der Waals surface area contributed by atoms with E-state index in [-0.39, 0.29) is 30.9 Å². The Kier molecular flexibility index (Phi) is 7.20. The van der Waals surface area contributed by atoms with Gasteiger partial charge in [-0.1, -0.05) is 0 Å². The summed E-state index contributed by atoms with van der Waals surface area (Å²) in [5, 5.41) is 0. The van der Waals surface area contributed by atoms with Crippen LogP contribution in [0, 0.1) is 21.4 Å². The zero-order chi connectivity index (χ0) is 6.24. The molecule has 0 aliphatic heterocycles. The Morgan fingerprint density at radius 2 is 1.25 bits per heavy atom. The largest absolute Gasteiger partial charge is 0.444 e. The molecule has 0 rings (SSSR count). The summed E-state index contributed by atoms with van der Waals surface area (Å²) in [4.78, 5) is 5.36. The highest BCUT2D eigenvalue weighted by Crippen LogP contribution is 1.45. The van der Waals surface area contributed by atoms with Crippen LogP contribution in [0.25, 0.3) is 0 Å². The van der Waals surface area contributed by atoms with E-state index < -0.39 is 0 Å². The zero-order valence-electron chi connectivity index (χ0n) is 4.31. The van der Waals surface area contributed by atoms with Crippen molar-refractivity contribution in [3.05, 3.63) is 0 Å². The second kappa shape index (κ2) is 7.10. The van der Waals surface area contributed by atoms with Crippen LogP contribution in [0.1, 0.15) is 0 Å². The van der Waals surface area contributed by atoms with Crippen molar-refractivity contribution in [2.75, 3.05) is 0 Å². The van der Waals surface area contributed by atoms with Crippen LogP contribution in [-0.4, -0.2) is 30.9 Å². The fourth-order valence-electron chi connectivity index (χ4n) is 0.156. The fraction of sp³-hybridized carbons (Fsp3) is 0. The van der Waals surface area contributed by atoms with E-state index in [0.717, 1.165) is 0 Å². The van der Waals surface area contributed by atoms with Gasteiger partial charge in [0.1, 0.15) is 0 Å². The number of nitrogens with two attached hydrogens (primary N) is 2. The molecule has 0 unspecified atom stereocenters. The molecule has 2 nitrogen and oxygen atoms in total. The molecule has 0 fully saturated rings. The van der Waals surface area contributed by atoms with E-state index in [4.69, 9.17) is 9.43 Å². The monoisotopic (exact) mass is 134 g/mol. The molecule has 0 aliphatic rings. The molecule has 0 aromatic rings. The second-order valence-electron chi connectivity index (χ2n) is 0.872. The molecule has 4 N–H and O–H groups in total. The molecule has 4 heteroatoms. The molecule has 0 amide bonds.